The number of rotatable bonds is 2. The first-order valence-corrected chi connectivity index (χ1v) is 4.94. The molecule has 0 aliphatic heterocycles. The van der Waals surface area contributed by atoms with Crippen molar-refractivity contribution in [2.24, 2.45) is 0 Å². The van der Waals surface area contributed by atoms with Gasteiger partial charge in [0.05, 0.1) is 0 Å². The van der Waals surface area contributed by atoms with Gasteiger partial charge in [0.1, 0.15) is 0 Å². The average Bonchev–Trinajstić information content (AvgIpc) is 2.27. The molecule has 2 aromatic carbocycles. The van der Waals surface area contributed by atoms with E-state index in [1.54, 1.807) is 0 Å². The molecule has 0 unspecified atom stereocenters. The van der Waals surface area contributed by atoms with Crippen molar-refractivity contribution < 1.29 is 8.78 Å². The Morgan fingerprint density at radius 3 is 2.38 bits per heavy atom. The predicted octanol–water partition coefficient (Wildman–Crippen LogP) is 4.02. The van der Waals surface area contributed by atoms with Gasteiger partial charge in [-0.3, -0.25) is 0 Å². The van der Waals surface area contributed by atoms with Crippen LogP contribution in [0.3, 0.4) is 0 Å². The van der Waals surface area contributed by atoms with Crippen molar-refractivity contribution in [2.75, 3.05) is 5.32 Å². The van der Waals surface area contributed by atoms with E-state index in [1.807, 2.05) is 31.2 Å². The van der Waals surface area contributed by atoms with Crippen LogP contribution in [0.25, 0.3) is 0 Å². The fraction of sp³-hybridized carbons (Fsp3) is 0.0769. The van der Waals surface area contributed by atoms with Crippen molar-refractivity contribution in [3.63, 3.8) is 0 Å². The lowest BCUT2D eigenvalue weighted by atomic mass is 10.2. The SMILES string of the molecule is Cc1ccccc1Nc1ccc(F)c(F)c1. The van der Waals surface area contributed by atoms with Crippen LogP contribution in [0, 0.1) is 18.6 Å². The van der Waals surface area contributed by atoms with Crippen molar-refractivity contribution in [1.29, 1.82) is 0 Å². The van der Waals surface area contributed by atoms with E-state index < -0.39 is 11.6 Å². The lowest BCUT2D eigenvalue weighted by molar-refractivity contribution is 0.509. The first-order valence-electron chi connectivity index (χ1n) is 4.94. The van der Waals surface area contributed by atoms with Gasteiger partial charge in [-0.1, -0.05) is 18.2 Å². The number of benzene rings is 2. The maximum atomic E-state index is 13.0. The third-order valence-electron chi connectivity index (χ3n) is 2.34. The summed E-state index contributed by atoms with van der Waals surface area (Å²) in [5.74, 6) is -1.69. The Morgan fingerprint density at radius 1 is 0.938 bits per heavy atom. The fourth-order valence-electron chi connectivity index (χ4n) is 1.44. The standard InChI is InChI=1S/C13H11F2N/c1-9-4-2-3-5-13(9)16-10-6-7-11(14)12(15)8-10/h2-8,16H,1H3. The zero-order chi connectivity index (χ0) is 11.5. The van der Waals surface area contributed by atoms with E-state index in [4.69, 9.17) is 0 Å². The van der Waals surface area contributed by atoms with Gasteiger partial charge >= 0.3 is 0 Å². The number of para-hydroxylation sites is 1. The Kier molecular flexibility index (Phi) is 2.86. The van der Waals surface area contributed by atoms with Crippen LogP contribution in [-0.2, 0) is 0 Å². The van der Waals surface area contributed by atoms with Crippen molar-refractivity contribution in [3.05, 3.63) is 59.7 Å². The molecule has 0 aliphatic carbocycles. The van der Waals surface area contributed by atoms with E-state index in [0.29, 0.717) is 5.69 Å². The molecule has 0 radical (unpaired) electrons. The van der Waals surface area contributed by atoms with Crippen LogP contribution in [0.2, 0.25) is 0 Å². The summed E-state index contributed by atoms with van der Waals surface area (Å²) in [7, 11) is 0. The third-order valence-corrected chi connectivity index (χ3v) is 2.34. The molecule has 1 nitrogen and oxygen atoms in total. The zero-order valence-corrected chi connectivity index (χ0v) is 8.80. The molecule has 0 saturated heterocycles. The molecule has 0 aliphatic rings. The van der Waals surface area contributed by atoms with E-state index in [9.17, 15) is 8.78 Å². The molecule has 16 heavy (non-hydrogen) atoms. The second-order valence-electron chi connectivity index (χ2n) is 3.57. The van der Waals surface area contributed by atoms with Gasteiger partial charge in [-0.05, 0) is 30.7 Å². The molecule has 0 amide bonds. The quantitative estimate of drug-likeness (QED) is 0.804. The summed E-state index contributed by atoms with van der Waals surface area (Å²) in [5, 5.41) is 3.03. The van der Waals surface area contributed by atoms with Crippen LogP contribution < -0.4 is 5.32 Å². The minimum Gasteiger partial charge on any atom is -0.355 e. The summed E-state index contributed by atoms with van der Waals surface area (Å²) in [4.78, 5) is 0. The van der Waals surface area contributed by atoms with Crippen LogP contribution in [-0.4, -0.2) is 0 Å². The highest BCUT2D eigenvalue weighted by molar-refractivity contribution is 5.62. The van der Waals surface area contributed by atoms with Gasteiger partial charge in [0.2, 0.25) is 0 Å². The molecule has 2 rings (SSSR count). The number of nitrogens with one attached hydrogen (secondary N) is 1. The number of halogens is 2. The molecule has 0 bridgehead atoms. The lowest BCUT2D eigenvalue weighted by Crippen LogP contribution is -1.94. The largest absolute Gasteiger partial charge is 0.355 e. The number of anilines is 2. The summed E-state index contributed by atoms with van der Waals surface area (Å²) < 4.78 is 25.7. The molecule has 0 aromatic heterocycles. The van der Waals surface area contributed by atoms with E-state index in [1.165, 1.54) is 6.07 Å². The summed E-state index contributed by atoms with van der Waals surface area (Å²) in [5.41, 5.74) is 2.47. The molecule has 3 heteroatoms. The Bertz CT molecular complexity index is 509. The van der Waals surface area contributed by atoms with Gasteiger partial charge in [-0.25, -0.2) is 8.78 Å². The first-order chi connectivity index (χ1) is 7.66. The maximum absolute atomic E-state index is 13.0. The smallest absolute Gasteiger partial charge is 0.160 e. The highest BCUT2D eigenvalue weighted by atomic mass is 19.2. The average molecular weight is 219 g/mol. The molecular formula is C13H11F2N. The van der Waals surface area contributed by atoms with Gasteiger partial charge in [0, 0.05) is 17.4 Å². The van der Waals surface area contributed by atoms with E-state index in [-0.39, 0.29) is 0 Å². The normalized spacial score (nSPS) is 10.2. The van der Waals surface area contributed by atoms with Crippen molar-refractivity contribution >= 4 is 11.4 Å². The molecule has 0 spiro atoms. The van der Waals surface area contributed by atoms with E-state index >= 15 is 0 Å². The molecule has 0 fully saturated rings. The van der Waals surface area contributed by atoms with E-state index in [2.05, 4.69) is 5.32 Å². The predicted molar refractivity (Wildman–Crippen MR) is 60.8 cm³/mol. The number of hydrogen-bond acceptors (Lipinski definition) is 1. The van der Waals surface area contributed by atoms with Crippen molar-refractivity contribution in [2.45, 2.75) is 6.92 Å². The Balaban J connectivity index is 2.28. The molecule has 1 N–H and O–H groups in total. The summed E-state index contributed by atoms with van der Waals surface area (Å²) >= 11 is 0. The minimum absolute atomic E-state index is 0.535. The second kappa shape index (κ2) is 4.31. The van der Waals surface area contributed by atoms with Crippen LogP contribution in [0.15, 0.2) is 42.5 Å². The second-order valence-corrected chi connectivity index (χ2v) is 3.57. The third kappa shape index (κ3) is 2.19. The Morgan fingerprint density at radius 2 is 1.69 bits per heavy atom. The molecule has 2 aromatic rings. The van der Waals surface area contributed by atoms with Crippen LogP contribution in [0.1, 0.15) is 5.56 Å². The van der Waals surface area contributed by atoms with Crippen LogP contribution in [0.4, 0.5) is 20.2 Å². The molecule has 0 saturated carbocycles. The first kappa shape index (κ1) is 10.6. The van der Waals surface area contributed by atoms with Gasteiger partial charge in [0.25, 0.3) is 0 Å². The van der Waals surface area contributed by atoms with Gasteiger partial charge in [-0.2, -0.15) is 0 Å². The van der Waals surface area contributed by atoms with Crippen molar-refractivity contribution in [3.8, 4) is 0 Å². The van der Waals surface area contributed by atoms with Gasteiger partial charge < -0.3 is 5.32 Å². The van der Waals surface area contributed by atoms with E-state index in [0.717, 1.165) is 23.4 Å². The highest BCUT2D eigenvalue weighted by Crippen LogP contribution is 2.21. The summed E-state index contributed by atoms with van der Waals surface area (Å²) in [6, 6.07) is 11.4. The zero-order valence-electron chi connectivity index (χ0n) is 8.80. The topological polar surface area (TPSA) is 12.0 Å². The minimum atomic E-state index is -0.849. The van der Waals surface area contributed by atoms with Crippen LogP contribution in [0.5, 0.6) is 0 Å². The van der Waals surface area contributed by atoms with Crippen molar-refractivity contribution in [1.82, 2.24) is 0 Å². The molecule has 0 heterocycles. The lowest BCUT2D eigenvalue weighted by Gasteiger charge is -2.09. The summed E-state index contributed by atoms with van der Waals surface area (Å²) in [6.07, 6.45) is 0. The van der Waals surface area contributed by atoms with Gasteiger partial charge in [-0.15, -0.1) is 0 Å². The maximum Gasteiger partial charge on any atom is 0.160 e. The van der Waals surface area contributed by atoms with Gasteiger partial charge in [0.15, 0.2) is 11.6 Å². The molecule has 0 atom stereocenters. The highest BCUT2D eigenvalue weighted by Gasteiger charge is 2.03. The van der Waals surface area contributed by atoms with Crippen LogP contribution >= 0.6 is 0 Å². The fourth-order valence-corrected chi connectivity index (χ4v) is 1.44. The Hall–Kier alpha value is -1.90. The molecular weight excluding hydrogens is 208 g/mol. The number of aryl methyl sites for hydroxylation is 1. The monoisotopic (exact) mass is 219 g/mol. The summed E-state index contributed by atoms with van der Waals surface area (Å²) in [6.45, 7) is 1.95. The molecule has 82 valence electrons. The number of hydrogen-bond donors (Lipinski definition) is 1. The Labute approximate surface area is 92.7 Å².